The molecular weight excluding hydrogens is 307 g/mol. The summed E-state index contributed by atoms with van der Waals surface area (Å²) in [7, 11) is -8.21. The lowest BCUT2D eigenvalue weighted by atomic mass is 10.2. The van der Waals surface area contributed by atoms with Crippen LogP contribution in [-0.2, 0) is 9.53 Å². The second-order valence-electron chi connectivity index (χ2n) is 3.74. The average molecular weight is 318 g/mol. The summed E-state index contributed by atoms with van der Waals surface area (Å²) in [6.45, 7) is 0. The summed E-state index contributed by atoms with van der Waals surface area (Å²) in [5.41, 5.74) is -0.237. The molecule has 0 radical (unpaired) electrons. The van der Waals surface area contributed by atoms with Crippen LogP contribution in [0.25, 0.3) is 6.08 Å². The average Bonchev–Trinajstić information content (AvgIpc) is 2.32. The minimum atomic E-state index is -10.1. The van der Waals surface area contributed by atoms with Crippen LogP contribution in [-0.4, -0.2) is 20.2 Å². The molecule has 0 spiro atoms. The Bertz CT molecular complexity index is 547. The van der Waals surface area contributed by atoms with Gasteiger partial charge < -0.3 is 9.47 Å². The summed E-state index contributed by atoms with van der Waals surface area (Å²) in [5, 5.41) is 0. The Kier molecular flexibility index (Phi) is 3.56. The third kappa shape index (κ3) is 4.12. The van der Waals surface area contributed by atoms with E-state index in [1.807, 2.05) is 0 Å². The van der Waals surface area contributed by atoms with Gasteiger partial charge >= 0.3 is 16.2 Å². The van der Waals surface area contributed by atoms with Crippen LogP contribution >= 0.6 is 10.2 Å². The molecule has 20 heavy (non-hydrogen) atoms. The van der Waals surface area contributed by atoms with Crippen LogP contribution in [0.1, 0.15) is 5.56 Å². The van der Waals surface area contributed by atoms with Crippen molar-refractivity contribution in [2.24, 2.45) is 0 Å². The third-order valence-corrected chi connectivity index (χ3v) is 3.33. The van der Waals surface area contributed by atoms with E-state index >= 15 is 0 Å². The van der Waals surface area contributed by atoms with Gasteiger partial charge in [-0.15, -0.1) is 0 Å². The molecule has 0 N–H and O–H groups in total. The van der Waals surface area contributed by atoms with Gasteiger partial charge in [-0.25, -0.2) is 4.79 Å². The number of methoxy groups -OCH3 is 2. The maximum atomic E-state index is 12.8. The second-order valence-corrected chi connectivity index (χ2v) is 6.12. The van der Waals surface area contributed by atoms with Crippen molar-refractivity contribution in [2.45, 2.75) is 0 Å². The van der Waals surface area contributed by atoms with Crippen molar-refractivity contribution in [2.75, 3.05) is 14.2 Å². The van der Waals surface area contributed by atoms with Crippen LogP contribution < -0.4 is 4.74 Å². The number of rotatable bonds is 4. The van der Waals surface area contributed by atoms with Crippen LogP contribution in [0.2, 0.25) is 0 Å². The molecule has 0 amide bonds. The first-order valence-electron chi connectivity index (χ1n) is 5.05. The number of carbonyl (C=O) groups excluding carboxylic acids is 1. The van der Waals surface area contributed by atoms with Gasteiger partial charge in [0.05, 0.1) is 14.2 Å². The summed E-state index contributed by atoms with van der Waals surface area (Å²) >= 11 is 0. The first-order valence-corrected chi connectivity index (χ1v) is 7.00. The first kappa shape index (κ1) is 16.3. The molecule has 0 aliphatic carbocycles. The van der Waals surface area contributed by atoms with Crippen LogP contribution in [0.4, 0.5) is 19.4 Å². The molecule has 0 saturated carbocycles. The van der Waals surface area contributed by atoms with E-state index in [2.05, 4.69) is 4.74 Å². The van der Waals surface area contributed by atoms with Gasteiger partial charge in [-0.05, 0) is 23.8 Å². The Morgan fingerprint density at radius 1 is 1.05 bits per heavy atom. The standard InChI is InChI=1S/C11H11F5O3S/c1-18-9-5-3-8(4-6-9)7-10(11(17)19-2)20(12,13,14,15)16/h3-7H,1-2H3/b10-7-. The monoisotopic (exact) mass is 318 g/mol. The highest BCUT2D eigenvalue weighted by Gasteiger charge is 2.70. The summed E-state index contributed by atoms with van der Waals surface area (Å²) in [6.07, 6.45) is 0.0484. The van der Waals surface area contributed by atoms with E-state index in [9.17, 15) is 24.2 Å². The number of ether oxygens (including phenoxy) is 2. The van der Waals surface area contributed by atoms with Crippen molar-refractivity contribution in [1.29, 1.82) is 0 Å². The van der Waals surface area contributed by atoms with E-state index in [1.165, 1.54) is 19.2 Å². The lowest BCUT2D eigenvalue weighted by Crippen LogP contribution is -2.18. The molecular formula is C11H11F5O3S. The van der Waals surface area contributed by atoms with Gasteiger partial charge in [-0.3, -0.25) is 0 Å². The lowest BCUT2D eigenvalue weighted by Gasteiger charge is -2.40. The molecule has 0 saturated heterocycles. The fourth-order valence-electron chi connectivity index (χ4n) is 1.28. The zero-order valence-corrected chi connectivity index (χ0v) is 11.2. The van der Waals surface area contributed by atoms with E-state index in [4.69, 9.17) is 4.74 Å². The zero-order chi connectivity index (χ0) is 15.7. The Morgan fingerprint density at radius 3 is 1.90 bits per heavy atom. The highest BCUT2D eigenvalue weighted by molar-refractivity contribution is 8.49. The van der Waals surface area contributed by atoms with Gasteiger partial charge in [0.15, 0.2) is 4.91 Å². The number of carbonyl (C=O) groups is 1. The number of halogens is 5. The van der Waals surface area contributed by atoms with Crippen molar-refractivity contribution < 1.29 is 33.7 Å². The summed E-state index contributed by atoms with van der Waals surface area (Å²) in [4.78, 5) is 8.41. The molecule has 1 rings (SSSR count). The minimum Gasteiger partial charge on any atom is -0.497 e. The maximum Gasteiger partial charge on any atom is 0.353 e. The van der Waals surface area contributed by atoms with Gasteiger partial charge in [0.25, 0.3) is 0 Å². The van der Waals surface area contributed by atoms with E-state index in [0.717, 1.165) is 12.1 Å². The van der Waals surface area contributed by atoms with Gasteiger partial charge in [-0.2, -0.15) is 0 Å². The maximum absolute atomic E-state index is 12.8. The smallest absolute Gasteiger partial charge is 0.353 e. The number of hydrogen-bond donors (Lipinski definition) is 0. The third-order valence-electron chi connectivity index (χ3n) is 2.22. The van der Waals surface area contributed by atoms with Crippen LogP contribution in [0.5, 0.6) is 5.75 Å². The van der Waals surface area contributed by atoms with Gasteiger partial charge in [0.1, 0.15) is 5.75 Å². The molecule has 0 atom stereocenters. The predicted molar refractivity (Wildman–Crippen MR) is 66.1 cm³/mol. The molecule has 0 aliphatic rings. The van der Waals surface area contributed by atoms with E-state index in [-0.39, 0.29) is 11.6 Å². The molecule has 0 aromatic heterocycles. The van der Waals surface area contributed by atoms with Gasteiger partial charge in [0.2, 0.25) is 0 Å². The van der Waals surface area contributed by atoms with Gasteiger partial charge in [0, 0.05) is 0 Å². The highest BCUT2D eigenvalue weighted by Crippen LogP contribution is 3.02. The summed E-state index contributed by atoms with van der Waals surface area (Å²) < 4.78 is 72.3. The summed E-state index contributed by atoms with van der Waals surface area (Å²) in [5.74, 6) is -1.81. The zero-order valence-electron chi connectivity index (χ0n) is 10.4. The Balaban J connectivity index is 3.39. The van der Waals surface area contributed by atoms with Crippen molar-refractivity contribution >= 4 is 22.3 Å². The second kappa shape index (κ2) is 4.37. The molecule has 114 valence electrons. The topological polar surface area (TPSA) is 35.5 Å². The highest BCUT2D eigenvalue weighted by atomic mass is 32.5. The molecule has 0 unspecified atom stereocenters. The summed E-state index contributed by atoms with van der Waals surface area (Å²) in [6, 6.07) is 4.74. The Labute approximate surface area is 111 Å². The van der Waals surface area contributed by atoms with Crippen molar-refractivity contribution in [1.82, 2.24) is 0 Å². The molecule has 0 aliphatic heterocycles. The van der Waals surface area contributed by atoms with Gasteiger partial charge in [-0.1, -0.05) is 31.6 Å². The largest absolute Gasteiger partial charge is 0.497 e. The Hall–Kier alpha value is -1.77. The van der Waals surface area contributed by atoms with Crippen LogP contribution in [0.15, 0.2) is 29.2 Å². The normalized spacial score (nSPS) is 16.1. The van der Waals surface area contributed by atoms with Crippen LogP contribution in [0.3, 0.4) is 0 Å². The van der Waals surface area contributed by atoms with Crippen molar-refractivity contribution in [3.63, 3.8) is 0 Å². The molecule has 1 aromatic rings. The number of esters is 1. The fraction of sp³-hybridized carbons (Fsp3) is 0.182. The predicted octanol–water partition coefficient (Wildman–Crippen LogP) is 4.51. The number of hydrogen-bond acceptors (Lipinski definition) is 3. The molecule has 0 heterocycles. The molecule has 0 fully saturated rings. The fourth-order valence-corrected chi connectivity index (χ4v) is 2.04. The molecule has 3 nitrogen and oxygen atoms in total. The number of benzene rings is 1. The lowest BCUT2D eigenvalue weighted by molar-refractivity contribution is -0.135. The molecule has 0 bridgehead atoms. The van der Waals surface area contributed by atoms with E-state index in [0.29, 0.717) is 12.9 Å². The Morgan fingerprint density at radius 2 is 1.55 bits per heavy atom. The first-order chi connectivity index (χ1) is 8.87. The quantitative estimate of drug-likeness (QED) is 0.465. The molecule has 9 heteroatoms. The van der Waals surface area contributed by atoms with Crippen molar-refractivity contribution in [3.05, 3.63) is 34.7 Å². The molecule has 1 aromatic carbocycles. The van der Waals surface area contributed by atoms with E-state index in [1.54, 1.807) is 0 Å². The minimum absolute atomic E-state index is 0.0484. The van der Waals surface area contributed by atoms with Crippen LogP contribution in [0, 0.1) is 0 Å². The van der Waals surface area contributed by atoms with Crippen molar-refractivity contribution in [3.8, 4) is 5.75 Å². The SMILES string of the molecule is COC(=O)/C(=C/c1ccc(OC)cc1)S(F)(F)(F)(F)F. The van der Waals surface area contributed by atoms with E-state index < -0.39 is 21.1 Å².